The topological polar surface area (TPSA) is 29.1 Å². The lowest BCUT2D eigenvalue weighted by atomic mass is 10.2. The molecule has 0 aromatic heterocycles. The lowest BCUT2D eigenvalue weighted by molar-refractivity contribution is -0.0999. The SMILES string of the molecule is O=Cc1ccccc1NC(F)(F)F. The van der Waals surface area contributed by atoms with E-state index in [1.165, 1.54) is 29.6 Å². The lowest BCUT2D eigenvalue weighted by Gasteiger charge is -2.10. The van der Waals surface area contributed by atoms with Crippen molar-refractivity contribution >= 4 is 12.0 Å². The van der Waals surface area contributed by atoms with Crippen LogP contribution in [0.4, 0.5) is 18.9 Å². The molecule has 1 rings (SSSR count). The molecule has 13 heavy (non-hydrogen) atoms. The molecule has 0 saturated heterocycles. The molecule has 0 amide bonds. The van der Waals surface area contributed by atoms with Crippen molar-refractivity contribution in [3.8, 4) is 0 Å². The lowest BCUT2D eigenvalue weighted by Crippen LogP contribution is -2.21. The van der Waals surface area contributed by atoms with E-state index in [-0.39, 0.29) is 11.3 Å². The molecular formula is C8H6F3NO. The summed E-state index contributed by atoms with van der Waals surface area (Å²) in [5, 5.41) is 1.27. The highest BCUT2D eigenvalue weighted by atomic mass is 19.4. The molecule has 0 aliphatic rings. The fourth-order valence-corrected chi connectivity index (χ4v) is 0.866. The molecule has 0 atom stereocenters. The van der Waals surface area contributed by atoms with Crippen molar-refractivity contribution in [1.29, 1.82) is 0 Å². The van der Waals surface area contributed by atoms with Gasteiger partial charge in [0.1, 0.15) is 0 Å². The van der Waals surface area contributed by atoms with Crippen LogP contribution in [0.15, 0.2) is 24.3 Å². The summed E-state index contributed by atoms with van der Waals surface area (Å²) in [7, 11) is 0. The van der Waals surface area contributed by atoms with Crippen LogP contribution >= 0.6 is 0 Å². The molecule has 5 heteroatoms. The number of nitrogens with one attached hydrogen (secondary N) is 1. The smallest absolute Gasteiger partial charge is 0.298 e. The van der Waals surface area contributed by atoms with Crippen LogP contribution in [0.25, 0.3) is 0 Å². The van der Waals surface area contributed by atoms with Gasteiger partial charge in [0.15, 0.2) is 6.29 Å². The molecule has 0 fully saturated rings. The van der Waals surface area contributed by atoms with Crippen molar-refractivity contribution in [1.82, 2.24) is 0 Å². The van der Waals surface area contributed by atoms with Crippen LogP contribution in [0.5, 0.6) is 0 Å². The quantitative estimate of drug-likeness (QED) is 0.571. The third-order valence-electron chi connectivity index (χ3n) is 1.36. The highest BCUT2D eigenvalue weighted by Crippen LogP contribution is 2.21. The fraction of sp³-hybridized carbons (Fsp3) is 0.125. The summed E-state index contributed by atoms with van der Waals surface area (Å²) >= 11 is 0. The van der Waals surface area contributed by atoms with Crippen LogP contribution in [-0.2, 0) is 0 Å². The van der Waals surface area contributed by atoms with Gasteiger partial charge >= 0.3 is 6.30 Å². The number of benzene rings is 1. The zero-order valence-electron chi connectivity index (χ0n) is 6.43. The Labute approximate surface area is 72.4 Å². The highest BCUT2D eigenvalue weighted by molar-refractivity contribution is 5.84. The van der Waals surface area contributed by atoms with E-state index in [0.717, 1.165) is 0 Å². The van der Waals surface area contributed by atoms with Gasteiger partial charge in [-0.15, -0.1) is 0 Å². The van der Waals surface area contributed by atoms with Crippen molar-refractivity contribution in [2.24, 2.45) is 0 Å². The number of halogens is 3. The molecule has 0 bridgehead atoms. The predicted octanol–water partition coefficient (Wildman–Crippen LogP) is 2.43. The monoisotopic (exact) mass is 189 g/mol. The molecule has 1 N–H and O–H groups in total. The zero-order valence-corrected chi connectivity index (χ0v) is 6.43. The molecular weight excluding hydrogens is 183 g/mol. The van der Waals surface area contributed by atoms with Gasteiger partial charge in [-0.1, -0.05) is 12.1 Å². The van der Waals surface area contributed by atoms with Gasteiger partial charge in [-0.05, 0) is 12.1 Å². The molecule has 0 saturated carbocycles. The summed E-state index contributed by atoms with van der Waals surface area (Å²) in [5.74, 6) is 0. The first-order valence-corrected chi connectivity index (χ1v) is 3.42. The van der Waals surface area contributed by atoms with E-state index in [1.807, 2.05) is 0 Å². The summed E-state index contributed by atoms with van der Waals surface area (Å²) in [4.78, 5) is 10.3. The maximum atomic E-state index is 11.8. The van der Waals surface area contributed by atoms with Gasteiger partial charge in [0, 0.05) is 5.56 Å². The second-order valence-corrected chi connectivity index (χ2v) is 2.33. The van der Waals surface area contributed by atoms with E-state index in [1.54, 1.807) is 0 Å². The molecule has 0 heterocycles. The Balaban J connectivity index is 2.94. The number of anilines is 1. The van der Waals surface area contributed by atoms with Crippen LogP contribution in [0.3, 0.4) is 0 Å². The number of aldehydes is 1. The molecule has 2 nitrogen and oxygen atoms in total. The third-order valence-corrected chi connectivity index (χ3v) is 1.36. The summed E-state index contributed by atoms with van der Waals surface area (Å²) in [6.07, 6.45) is -4.15. The average Bonchev–Trinajstić information content (AvgIpc) is 2.02. The number of carbonyl (C=O) groups excluding carboxylic acids is 1. The zero-order chi connectivity index (χ0) is 9.90. The summed E-state index contributed by atoms with van der Waals surface area (Å²) in [6.45, 7) is 0. The molecule has 1 aromatic rings. The van der Waals surface area contributed by atoms with Crippen molar-refractivity contribution in [3.05, 3.63) is 29.8 Å². The Hall–Kier alpha value is -1.52. The molecule has 0 spiro atoms. The molecule has 0 aliphatic carbocycles. The summed E-state index contributed by atoms with van der Waals surface area (Å²) in [5.41, 5.74) is -0.246. The van der Waals surface area contributed by atoms with Crippen LogP contribution in [0, 0.1) is 0 Å². The largest absolute Gasteiger partial charge is 0.482 e. The molecule has 1 aromatic carbocycles. The van der Waals surface area contributed by atoms with Gasteiger partial charge in [0.2, 0.25) is 0 Å². The summed E-state index contributed by atoms with van der Waals surface area (Å²) in [6, 6.07) is 5.41. The predicted molar refractivity (Wildman–Crippen MR) is 41.5 cm³/mol. The van der Waals surface area contributed by atoms with E-state index in [0.29, 0.717) is 6.29 Å². The second kappa shape index (κ2) is 3.47. The normalized spacial score (nSPS) is 11.0. The van der Waals surface area contributed by atoms with Gasteiger partial charge in [0.05, 0.1) is 5.69 Å². The first-order valence-electron chi connectivity index (χ1n) is 3.42. The Morgan fingerprint density at radius 2 is 1.85 bits per heavy atom. The number of hydrogen-bond acceptors (Lipinski definition) is 2. The average molecular weight is 189 g/mol. The number of rotatable bonds is 2. The van der Waals surface area contributed by atoms with E-state index in [2.05, 4.69) is 0 Å². The standard InChI is InChI=1S/C8H6F3NO/c9-8(10,11)12-7-4-2-1-3-6(7)5-13/h1-5,12H. The van der Waals surface area contributed by atoms with Gasteiger partial charge < -0.3 is 0 Å². The Bertz CT molecular complexity index is 309. The number of para-hydroxylation sites is 1. The van der Waals surface area contributed by atoms with Gasteiger partial charge in [0.25, 0.3) is 0 Å². The van der Waals surface area contributed by atoms with Gasteiger partial charge in [-0.2, -0.15) is 13.2 Å². The Morgan fingerprint density at radius 3 is 2.38 bits per heavy atom. The fourth-order valence-electron chi connectivity index (χ4n) is 0.866. The van der Waals surface area contributed by atoms with Crippen LogP contribution < -0.4 is 5.32 Å². The number of alkyl halides is 3. The van der Waals surface area contributed by atoms with E-state index < -0.39 is 6.30 Å². The Kier molecular flexibility index (Phi) is 2.55. The van der Waals surface area contributed by atoms with Crippen molar-refractivity contribution in [2.75, 3.05) is 5.32 Å². The van der Waals surface area contributed by atoms with Gasteiger partial charge in [-0.25, -0.2) is 0 Å². The molecule has 0 aliphatic heterocycles. The minimum Gasteiger partial charge on any atom is -0.298 e. The summed E-state index contributed by atoms with van der Waals surface area (Å²) < 4.78 is 35.5. The van der Waals surface area contributed by atoms with E-state index in [4.69, 9.17) is 0 Å². The second-order valence-electron chi connectivity index (χ2n) is 2.33. The molecule has 0 unspecified atom stereocenters. The van der Waals surface area contributed by atoms with Crippen molar-refractivity contribution in [2.45, 2.75) is 6.30 Å². The minimum absolute atomic E-state index is 0.0141. The number of hydrogen-bond donors (Lipinski definition) is 1. The maximum Gasteiger partial charge on any atom is 0.482 e. The van der Waals surface area contributed by atoms with Crippen molar-refractivity contribution in [3.63, 3.8) is 0 Å². The van der Waals surface area contributed by atoms with Crippen molar-refractivity contribution < 1.29 is 18.0 Å². The van der Waals surface area contributed by atoms with E-state index in [9.17, 15) is 18.0 Å². The molecule has 70 valence electrons. The number of carbonyl (C=O) groups is 1. The maximum absolute atomic E-state index is 11.8. The first kappa shape index (κ1) is 9.57. The molecule has 0 radical (unpaired) electrons. The first-order chi connectivity index (χ1) is 6.03. The Morgan fingerprint density at radius 1 is 1.23 bits per heavy atom. The van der Waals surface area contributed by atoms with Gasteiger partial charge in [-0.3, -0.25) is 10.1 Å². The van der Waals surface area contributed by atoms with Crippen LogP contribution in [0.2, 0.25) is 0 Å². The minimum atomic E-state index is -4.51. The van der Waals surface area contributed by atoms with Crippen LogP contribution in [-0.4, -0.2) is 12.6 Å². The van der Waals surface area contributed by atoms with E-state index >= 15 is 0 Å². The highest BCUT2D eigenvalue weighted by Gasteiger charge is 2.27. The third kappa shape index (κ3) is 2.77. The van der Waals surface area contributed by atoms with Crippen LogP contribution in [0.1, 0.15) is 10.4 Å².